The van der Waals surface area contributed by atoms with Crippen molar-refractivity contribution in [3.63, 3.8) is 0 Å². The molecule has 14 nitrogen and oxygen atoms in total. The molecular formula is C42H80N2O12. The maximum atomic E-state index is 14.3. The number of ether oxygens (including phenoxy) is 6. The number of rotatable bonds is 11. The second kappa shape index (κ2) is 20.0. The van der Waals surface area contributed by atoms with Crippen LogP contribution in [0.15, 0.2) is 0 Å². The van der Waals surface area contributed by atoms with Gasteiger partial charge in [-0.15, -0.1) is 0 Å². The number of hydrogen-bond donors (Lipinski definition) is 6. The van der Waals surface area contributed by atoms with Crippen molar-refractivity contribution in [3.05, 3.63) is 0 Å². The summed E-state index contributed by atoms with van der Waals surface area (Å²) in [6, 6.07) is -0.271. The van der Waals surface area contributed by atoms with Crippen LogP contribution in [0.25, 0.3) is 0 Å². The van der Waals surface area contributed by atoms with E-state index >= 15 is 0 Å². The van der Waals surface area contributed by atoms with Crippen molar-refractivity contribution in [3.8, 4) is 0 Å². The van der Waals surface area contributed by atoms with E-state index in [0.29, 0.717) is 25.8 Å². The van der Waals surface area contributed by atoms with Crippen LogP contribution in [-0.4, -0.2) is 154 Å². The van der Waals surface area contributed by atoms with Gasteiger partial charge in [0.05, 0.1) is 42.0 Å². The van der Waals surface area contributed by atoms with Crippen molar-refractivity contribution in [1.29, 1.82) is 0 Å². The Labute approximate surface area is 337 Å². The zero-order chi connectivity index (χ0) is 42.6. The molecule has 3 rings (SSSR count). The highest BCUT2D eigenvalue weighted by Crippen LogP contribution is 2.43. The third kappa shape index (κ3) is 11.0. The Bertz CT molecular complexity index is 1220. The summed E-state index contributed by atoms with van der Waals surface area (Å²) in [5.41, 5.74) is -5.84. The van der Waals surface area contributed by atoms with Crippen molar-refractivity contribution < 1.29 is 58.7 Å². The summed E-state index contributed by atoms with van der Waals surface area (Å²) in [6.07, 6.45) is -5.18. The molecule has 18 atom stereocenters. The molecule has 56 heavy (non-hydrogen) atoms. The van der Waals surface area contributed by atoms with Crippen LogP contribution in [0.4, 0.5) is 0 Å². The average Bonchev–Trinajstić information content (AvgIpc) is 3.12. The number of methoxy groups -OCH3 is 1. The lowest BCUT2D eigenvalue weighted by Gasteiger charge is -2.53. The average molecular weight is 805 g/mol. The summed E-state index contributed by atoms with van der Waals surface area (Å²) in [6.45, 7) is 20.8. The predicted octanol–water partition coefficient (Wildman–Crippen LogP) is 3.37. The summed E-state index contributed by atoms with van der Waals surface area (Å²) in [7, 11) is 5.32. The maximum absolute atomic E-state index is 14.3. The largest absolute Gasteiger partial charge is 0.459 e. The molecule has 3 heterocycles. The van der Waals surface area contributed by atoms with Crippen LogP contribution < -0.4 is 5.32 Å². The van der Waals surface area contributed by atoms with Crippen LogP contribution in [0, 0.1) is 23.7 Å². The predicted molar refractivity (Wildman–Crippen MR) is 213 cm³/mol. The Morgan fingerprint density at radius 1 is 0.929 bits per heavy atom. The molecule has 3 aliphatic heterocycles. The van der Waals surface area contributed by atoms with Crippen LogP contribution >= 0.6 is 0 Å². The number of carbonyl (C=O) groups excluding carboxylic acids is 1. The smallest absolute Gasteiger partial charge is 0.311 e. The van der Waals surface area contributed by atoms with E-state index in [-0.39, 0.29) is 49.8 Å². The first-order valence-electron chi connectivity index (χ1n) is 21.2. The molecule has 0 aromatic rings. The lowest BCUT2D eigenvalue weighted by atomic mass is 9.75. The maximum Gasteiger partial charge on any atom is 0.311 e. The summed E-state index contributed by atoms with van der Waals surface area (Å²) < 4.78 is 38.4. The third-order valence-corrected chi connectivity index (χ3v) is 13.4. The summed E-state index contributed by atoms with van der Waals surface area (Å²) >= 11 is 0. The van der Waals surface area contributed by atoms with Crippen molar-refractivity contribution in [2.45, 2.75) is 205 Å². The van der Waals surface area contributed by atoms with Gasteiger partial charge in [-0.05, 0) is 106 Å². The SMILES string of the molecule is CCCNC[C@]1(O)[C@H](C)O[C@@H](O[C@H]2[C@H](C)[C@@H](O[C@@H]3O[C@H](C)C[C@H](N(C)C)[C@H]3O)[C@](C)(O)C[C@@H](C)CC[C@H](C)[C@@H](O)[C@](C)(O)[C@@H](CC)OC(=O)[C@@H]2C)C[C@@]1(C)OC. The van der Waals surface area contributed by atoms with Crippen molar-refractivity contribution in [2.24, 2.45) is 23.7 Å². The molecule has 14 heteroatoms. The first kappa shape index (κ1) is 49.4. The van der Waals surface area contributed by atoms with E-state index in [1.54, 1.807) is 34.8 Å². The van der Waals surface area contributed by atoms with Gasteiger partial charge in [0.25, 0.3) is 0 Å². The van der Waals surface area contributed by atoms with E-state index in [9.17, 15) is 30.3 Å². The lowest BCUT2D eigenvalue weighted by molar-refractivity contribution is -0.336. The molecule has 0 amide bonds. The van der Waals surface area contributed by atoms with E-state index in [4.69, 9.17) is 28.4 Å². The molecule has 3 aliphatic rings. The highest BCUT2D eigenvalue weighted by molar-refractivity contribution is 5.73. The van der Waals surface area contributed by atoms with Gasteiger partial charge in [-0.2, -0.15) is 0 Å². The fourth-order valence-corrected chi connectivity index (χ4v) is 9.51. The molecular weight excluding hydrogens is 724 g/mol. The Morgan fingerprint density at radius 2 is 1.57 bits per heavy atom. The molecule has 0 spiro atoms. The van der Waals surface area contributed by atoms with E-state index in [0.717, 1.165) is 6.42 Å². The zero-order valence-electron chi connectivity index (χ0n) is 37.0. The summed E-state index contributed by atoms with van der Waals surface area (Å²) in [5, 5.41) is 62.6. The van der Waals surface area contributed by atoms with E-state index < -0.39 is 89.4 Å². The minimum Gasteiger partial charge on any atom is -0.459 e. The molecule has 0 aromatic carbocycles. The number of hydrogen-bond acceptors (Lipinski definition) is 14. The molecule has 0 aliphatic carbocycles. The number of nitrogens with zero attached hydrogens (tertiary/aromatic N) is 1. The van der Waals surface area contributed by atoms with E-state index in [1.807, 2.05) is 60.5 Å². The molecule has 6 N–H and O–H groups in total. The monoisotopic (exact) mass is 805 g/mol. The normalized spacial score (nSPS) is 47.9. The number of cyclic esters (lactones) is 1. The topological polar surface area (TPSA) is 189 Å². The fourth-order valence-electron chi connectivity index (χ4n) is 9.51. The lowest BCUT2D eigenvalue weighted by Crippen LogP contribution is -2.70. The van der Waals surface area contributed by atoms with Gasteiger partial charge in [-0.3, -0.25) is 4.79 Å². The third-order valence-electron chi connectivity index (χ3n) is 13.4. The van der Waals surface area contributed by atoms with Gasteiger partial charge in [0.1, 0.15) is 29.0 Å². The van der Waals surface area contributed by atoms with E-state index in [2.05, 4.69) is 5.32 Å². The highest BCUT2D eigenvalue weighted by Gasteiger charge is 2.58. The fraction of sp³-hybridized carbons (Fsp3) is 0.976. The molecule has 0 unspecified atom stereocenters. The Balaban J connectivity index is 2.16. The highest BCUT2D eigenvalue weighted by atomic mass is 16.7. The molecule has 3 saturated heterocycles. The number of likely N-dealkylation sites (N-methyl/N-ethyl adjacent to an activating group) is 1. The Morgan fingerprint density at radius 3 is 2.14 bits per heavy atom. The first-order valence-corrected chi connectivity index (χ1v) is 21.2. The van der Waals surface area contributed by atoms with Gasteiger partial charge in [0, 0.05) is 32.0 Å². The molecule has 0 saturated carbocycles. The second-order valence-electron chi connectivity index (χ2n) is 18.6. The number of esters is 1. The first-order chi connectivity index (χ1) is 25.9. The summed E-state index contributed by atoms with van der Waals surface area (Å²) in [4.78, 5) is 16.3. The van der Waals surface area contributed by atoms with Crippen LogP contribution in [0.1, 0.15) is 121 Å². The van der Waals surface area contributed by atoms with Gasteiger partial charge < -0.3 is 64.2 Å². The number of aliphatic hydroxyl groups excluding tert-OH is 2. The molecule has 0 bridgehead atoms. The number of carbonyl (C=O) groups is 1. The minimum absolute atomic E-state index is 0.0562. The van der Waals surface area contributed by atoms with Crippen LogP contribution in [0.2, 0.25) is 0 Å². The zero-order valence-corrected chi connectivity index (χ0v) is 37.0. The van der Waals surface area contributed by atoms with Gasteiger partial charge in [0.15, 0.2) is 12.6 Å². The quantitative estimate of drug-likeness (QED) is 0.132. The Hall–Kier alpha value is -1.01. The summed E-state index contributed by atoms with van der Waals surface area (Å²) in [5.74, 6) is -2.84. The van der Waals surface area contributed by atoms with Gasteiger partial charge in [0.2, 0.25) is 0 Å². The van der Waals surface area contributed by atoms with Gasteiger partial charge in [-0.1, -0.05) is 41.0 Å². The molecule has 0 radical (unpaired) electrons. The number of nitrogens with one attached hydrogen (secondary N) is 1. The standard InChI is InChI=1S/C42H80N2O12/c1-15-19-43-23-42(50)29(8)53-32(22-40(42,10)51-14)55-34-27(6)36(56-38-33(45)30(44(12)13)20-26(5)52-38)39(9,48)21-24(3)17-18-25(4)35(46)41(11,49)31(16-2)54-37(47)28(34)7/h24-36,38,43,45-46,48-50H,15-23H2,1-14H3/t24-,25-,26+,27-,28+,29-,30-,31+,32-,33+,34-,35+,36+,38-,39+,40+,41+,42-/m0/s1. The van der Waals surface area contributed by atoms with E-state index in [1.165, 1.54) is 6.92 Å². The van der Waals surface area contributed by atoms with Gasteiger partial charge in [-0.25, -0.2) is 0 Å². The molecule has 0 aromatic heterocycles. The Kier molecular flexibility index (Phi) is 17.7. The second-order valence-corrected chi connectivity index (χ2v) is 18.6. The van der Waals surface area contributed by atoms with Crippen LogP contribution in [0.5, 0.6) is 0 Å². The van der Waals surface area contributed by atoms with Gasteiger partial charge >= 0.3 is 5.97 Å². The van der Waals surface area contributed by atoms with Crippen molar-refractivity contribution in [1.82, 2.24) is 10.2 Å². The van der Waals surface area contributed by atoms with Crippen LogP contribution in [-0.2, 0) is 33.2 Å². The molecule has 330 valence electrons. The van der Waals surface area contributed by atoms with Crippen molar-refractivity contribution >= 4 is 5.97 Å². The van der Waals surface area contributed by atoms with Crippen LogP contribution in [0.3, 0.4) is 0 Å². The minimum atomic E-state index is -1.75. The van der Waals surface area contributed by atoms with Crippen molar-refractivity contribution in [2.75, 3.05) is 34.3 Å². The molecule has 3 fully saturated rings. The number of aliphatic hydroxyl groups is 5.